The van der Waals surface area contributed by atoms with E-state index in [2.05, 4.69) is 30.9 Å². The summed E-state index contributed by atoms with van der Waals surface area (Å²) >= 11 is 1.24. The Morgan fingerprint density at radius 2 is 1.96 bits per heavy atom. The summed E-state index contributed by atoms with van der Waals surface area (Å²) in [6.07, 6.45) is -2.14. The standard InChI is InChI=1S/C16H10F3N7S/c17-16(18,19)11-1-6-14(22-9-11)27-13-4-2-12(3-5-13)21-8-10(7-20)15-23-25-26-24-15/h1-6,8-9,21H,(H,23,24,25,26). The van der Waals surface area contributed by atoms with E-state index in [0.29, 0.717) is 10.7 Å². The van der Waals surface area contributed by atoms with Crippen molar-refractivity contribution >= 4 is 23.0 Å². The quantitative estimate of drug-likeness (QED) is 0.641. The number of nitrogens with zero attached hydrogens (tertiary/aromatic N) is 5. The zero-order valence-corrected chi connectivity index (χ0v) is 14.2. The van der Waals surface area contributed by atoms with Crippen molar-refractivity contribution in [3.8, 4) is 6.07 Å². The molecule has 0 aliphatic carbocycles. The van der Waals surface area contributed by atoms with Crippen LogP contribution in [0.2, 0.25) is 0 Å². The molecule has 1 aromatic carbocycles. The van der Waals surface area contributed by atoms with Crippen LogP contribution in [0.4, 0.5) is 18.9 Å². The molecule has 0 spiro atoms. The molecule has 7 nitrogen and oxygen atoms in total. The highest BCUT2D eigenvalue weighted by atomic mass is 32.2. The molecule has 2 N–H and O–H groups in total. The number of nitrogens with one attached hydrogen (secondary N) is 2. The van der Waals surface area contributed by atoms with Gasteiger partial charge < -0.3 is 5.32 Å². The summed E-state index contributed by atoms with van der Waals surface area (Å²) in [5, 5.41) is 25.6. The van der Waals surface area contributed by atoms with Crippen LogP contribution in [-0.2, 0) is 6.18 Å². The molecule has 136 valence electrons. The molecular formula is C16H10F3N7S. The lowest BCUT2D eigenvalue weighted by Gasteiger charge is -2.07. The highest BCUT2D eigenvalue weighted by Gasteiger charge is 2.30. The number of alkyl halides is 3. The van der Waals surface area contributed by atoms with Crippen molar-refractivity contribution in [2.45, 2.75) is 16.1 Å². The highest BCUT2D eigenvalue weighted by Crippen LogP contribution is 2.31. The molecule has 0 amide bonds. The smallest absolute Gasteiger partial charge is 0.360 e. The first-order valence-corrected chi connectivity index (χ1v) is 8.19. The zero-order chi connectivity index (χ0) is 19.3. The minimum Gasteiger partial charge on any atom is -0.360 e. The third-order valence-electron chi connectivity index (χ3n) is 3.23. The summed E-state index contributed by atoms with van der Waals surface area (Å²) in [6.45, 7) is 0. The largest absolute Gasteiger partial charge is 0.417 e. The summed E-state index contributed by atoms with van der Waals surface area (Å²) < 4.78 is 37.6. The molecule has 3 rings (SSSR count). The van der Waals surface area contributed by atoms with Crippen molar-refractivity contribution in [1.29, 1.82) is 5.26 Å². The van der Waals surface area contributed by atoms with Crippen LogP contribution in [0.15, 0.2) is 58.7 Å². The molecule has 0 bridgehead atoms. The molecule has 2 heterocycles. The summed E-state index contributed by atoms with van der Waals surface area (Å²) in [6, 6.07) is 11.4. The van der Waals surface area contributed by atoms with E-state index in [9.17, 15) is 13.2 Å². The van der Waals surface area contributed by atoms with E-state index in [-0.39, 0.29) is 11.4 Å². The van der Waals surface area contributed by atoms with Gasteiger partial charge in [0.05, 0.1) is 5.56 Å². The number of aromatic nitrogens is 5. The fraction of sp³-hybridized carbons (Fsp3) is 0.0625. The van der Waals surface area contributed by atoms with E-state index in [1.54, 1.807) is 24.3 Å². The Morgan fingerprint density at radius 1 is 1.19 bits per heavy atom. The number of rotatable bonds is 5. The van der Waals surface area contributed by atoms with E-state index in [1.165, 1.54) is 24.0 Å². The van der Waals surface area contributed by atoms with E-state index < -0.39 is 11.7 Å². The normalized spacial score (nSPS) is 11.9. The first-order chi connectivity index (χ1) is 13.0. The third kappa shape index (κ3) is 4.83. The number of hydrogen-bond donors (Lipinski definition) is 2. The second kappa shape index (κ2) is 7.88. The molecule has 0 unspecified atom stereocenters. The number of anilines is 1. The number of H-pyrrole nitrogens is 1. The molecule has 0 radical (unpaired) electrons. The number of halogens is 3. The summed E-state index contributed by atoms with van der Waals surface area (Å²) in [4.78, 5) is 4.62. The van der Waals surface area contributed by atoms with Crippen molar-refractivity contribution in [1.82, 2.24) is 25.6 Å². The lowest BCUT2D eigenvalue weighted by molar-refractivity contribution is -0.137. The molecule has 2 aromatic heterocycles. The van der Waals surface area contributed by atoms with Gasteiger partial charge >= 0.3 is 6.18 Å². The monoisotopic (exact) mass is 389 g/mol. The Balaban J connectivity index is 1.64. The van der Waals surface area contributed by atoms with Crippen LogP contribution >= 0.6 is 11.8 Å². The summed E-state index contributed by atoms with van der Waals surface area (Å²) in [5.41, 5.74) is 0.125. The molecule has 0 saturated carbocycles. The predicted molar refractivity (Wildman–Crippen MR) is 91.2 cm³/mol. The first kappa shape index (κ1) is 18.4. The average molecular weight is 389 g/mol. The zero-order valence-electron chi connectivity index (χ0n) is 13.4. The maximum atomic E-state index is 12.5. The Labute approximate surface area is 155 Å². The molecule has 0 aliphatic heterocycles. The van der Waals surface area contributed by atoms with Gasteiger partial charge in [0, 0.05) is 23.0 Å². The fourth-order valence-corrected chi connectivity index (χ4v) is 2.68. The van der Waals surface area contributed by atoms with Gasteiger partial charge in [0.1, 0.15) is 16.7 Å². The van der Waals surface area contributed by atoms with Gasteiger partial charge in [0.2, 0.25) is 5.82 Å². The van der Waals surface area contributed by atoms with Crippen LogP contribution in [0, 0.1) is 11.3 Å². The van der Waals surface area contributed by atoms with Gasteiger partial charge in [-0.05, 0) is 41.6 Å². The van der Waals surface area contributed by atoms with Gasteiger partial charge in [-0.1, -0.05) is 11.8 Å². The number of benzene rings is 1. The number of pyridine rings is 1. The molecule has 11 heteroatoms. The lowest BCUT2D eigenvalue weighted by Crippen LogP contribution is -2.04. The van der Waals surface area contributed by atoms with Gasteiger partial charge in [-0.15, -0.1) is 10.2 Å². The number of hydrogen-bond acceptors (Lipinski definition) is 7. The molecule has 3 aromatic rings. The van der Waals surface area contributed by atoms with Crippen LogP contribution in [0.5, 0.6) is 0 Å². The van der Waals surface area contributed by atoms with Crippen LogP contribution < -0.4 is 5.32 Å². The van der Waals surface area contributed by atoms with E-state index in [0.717, 1.165) is 17.2 Å². The van der Waals surface area contributed by atoms with Gasteiger partial charge in [-0.3, -0.25) is 0 Å². The Hall–Kier alpha value is -3.39. The second-order valence-corrected chi connectivity index (χ2v) is 6.15. The highest BCUT2D eigenvalue weighted by molar-refractivity contribution is 7.99. The van der Waals surface area contributed by atoms with E-state index >= 15 is 0 Å². The second-order valence-electron chi connectivity index (χ2n) is 5.06. The van der Waals surface area contributed by atoms with Gasteiger partial charge in [-0.2, -0.15) is 23.6 Å². The van der Waals surface area contributed by atoms with Crippen LogP contribution in [0.1, 0.15) is 11.4 Å². The maximum Gasteiger partial charge on any atom is 0.417 e. The number of nitriles is 1. The van der Waals surface area contributed by atoms with Gasteiger partial charge in [-0.25, -0.2) is 4.98 Å². The molecule has 0 atom stereocenters. The van der Waals surface area contributed by atoms with Crippen molar-refractivity contribution in [3.63, 3.8) is 0 Å². The van der Waals surface area contributed by atoms with Crippen molar-refractivity contribution < 1.29 is 13.2 Å². The van der Waals surface area contributed by atoms with Crippen LogP contribution in [0.25, 0.3) is 5.57 Å². The molecule has 0 aliphatic rings. The summed E-state index contributed by atoms with van der Waals surface area (Å²) in [5.74, 6) is 0.172. The van der Waals surface area contributed by atoms with Crippen molar-refractivity contribution in [2.24, 2.45) is 0 Å². The maximum absolute atomic E-state index is 12.5. The Morgan fingerprint density at radius 3 is 2.52 bits per heavy atom. The average Bonchev–Trinajstić information content (AvgIpc) is 3.18. The van der Waals surface area contributed by atoms with Gasteiger partial charge in [0.25, 0.3) is 0 Å². The minimum absolute atomic E-state index is 0.172. The van der Waals surface area contributed by atoms with Crippen LogP contribution in [-0.4, -0.2) is 25.6 Å². The van der Waals surface area contributed by atoms with Crippen molar-refractivity contribution in [2.75, 3.05) is 5.32 Å². The lowest BCUT2D eigenvalue weighted by atomic mass is 10.3. The Kier molecular flexibility index (Phi) is 5.37. The van der Waals surface area contributed by atoms with E-state index in [1.807, 2.05) is 6.07 Å². The first-order valence-electron chi connectivity index (χ1n) is 7.37. The fourth-order valence-electron chi connectivity index (χ4n) is 1.93. The van der Waals surface area contributed by atoms with Gasteiger partial charge in [0.15, 0.2) is 0 Å². The molecule has 0 saturated heterocycles. The van der Waals surface area contributed by atoms with Crippen LogP contribution in [0.3, 0.4) is 0 Å². The number of aromatic amines is 1. The number of tetrazole rings is 1. The summed E-state index contributed by atoms with van der Waals surface area (Å²) in [7, 11) is 0. The number of allylic oxidation sites excluding steroid dienone is 1. The Bertz CT molecular complexity index is 959. The molecule has 0 fully saturated rings. The van der Waals surface area contributed by atoms with Crippen molar-refractivity contribution in [3.05, 3.63) is 60.2 Å². The third-order valence-corrected chi connectivity index (χ3v) is 4.19. The van der Waals surface area contributed by atoms with E-state index in [4.69, 9.17) is 5.26 Å². The SMILES string of the molecule is N#CC(=CNc1ccc(Sc2ccc(C(F)(F)F)cn2)cc1)c1nn[nH]n1. The molecule has 27 heavy (non-hydrogen) atoms. The minimum atomic E-state index is -4.40. The predicted octanol–water partition coefficient (Wildman–Crippen LogP) is 3.74. The molecular weight excluding hydrogens is 379 g/mol. The topological polar surface area (TPSA) is 103 Å².